The lowest BCUT2D eigenvalue weighted by Crippen LogP contribution is -2.50. The molecular formula is C48H54N10O9S2. The van der Waals surface area contributed by atoms with Gasteiger partial charge in [0.05, 0.1) is 44.5 Å². The number of carbonyl (C=O) groups is 1. The second-order valence-electron chi connectivity index (χ2n) is 17.5. The number of nitrogens with zero attached hydrogens (tertiary/aromatic N) is 7. The van der Waals surface area contributed by atoms with Gasteiger partial charge in [0.2, 0.25) is 25.9 Å². The minimum atomic E-state index is -4.96. The summed E-state index contributed by atoms with van der Waals surface area (Å²) in [6.45, 7) is 5.29. The number of para-hydroxylation sites is 1. The quantitative estimate of drug-likeness (QED) is 0.0924. The number of fused-ring (bicyclic) bond motifs is 1. The van der Waals surface area contributed by atoms with Gasteiger partial charge in [-0.3, -0.25) is 0 Å². The van der Waals surface area contributed by atoms with Crippen molar-refractivity contribution in [3.8, 4) is 39.8 Å². The predicted octanol–water partition coefficient (Wildman–Crippen LogP) is 6.61. The third-order valence-electron chi connectivity index (χ3n) is 11.4. The van der Waals surface area contributed by atoms with Crippen LogP contribution in [0.4, 0.5) is 10.7 Å². The Balaban J connectivity index is 1.35. The second kappa shape index (κ2) is 19.9. The predicted molar refractivity (Wildman–Crippen MR) is 258 cm³/mol. The number of benzene rings is 5. The number of nitrogen functional groups attached to an aromatic ring is 1. The summed E-state index contributed by atoms with van der Waals surface area (Å²) in [6.07, 6.45) is 0.222. The number of tetrazole rings is 1. The molecule has 0 aliphatic carbocycles. The normalized spacial score (nSPS) is 14.5. The van der Waals surface area contributed by atoms with Crippen LogP contribution in [-0.4, -0.2) is 108 Å². The van der Waals surface area contributed by atoms with Crippen molar-refractivity contribution in [2.45, 2.75) is 74.7 Å². The molecule has 4 N–H and O–H groups in total. The van der Waals surface area contributed by atoms with Gasteiger partial charge in [0.1, 0.15) is 32.6 Å². The summed E-state index contributed by atoms with van der Waals surface area (Å²) in [6, 6.07) is 28.2. The third-order valence-corrected chi connectivity index (χ3v) is 15.0. The van der Waals surface area contributed by atoms with Crippen molar-refractivity contribution in [3.63, 3.8) is 0 Å². The Morgan fingerprint density at radius 2 is 1.41 bits per heavy atom. The van der Waals surface area contributed by atoms with E-state index in [0.29, 0.717) is 64.4 Å². The van der Waals surface area contributed by atoms with Gasteiger partial charge in [-0.15, -0.1) is 10.2 Å². The van der Waals surface area contributed by atoms with Gasteiger partial charge in [0.15, 0.2) is 5.95 Å². The number of amides is 1. The van der Waals surface area contributed by atoms with Crippen molar-refractivity contribution in [1.29, 1.82) is 0 Å². The average Bonchev–Trinajstić information content (AvgIpc) is 3.96. The molecule has 2 aromatic heterocycles. The highest BCUT2D eigenvalue weighted by molar-refractivity contribution is 7.92. The summed E-state index contributed by atoms with van der Waals surface area (Å²) < 4.78 is 88.6. The van der Waals surface area contributed by atoms with E-state index in [0.717, 1.165) is 5.56 Å². The van der Waals surface area contributed by atoms with Crippen molar-refractivity contribution < 1.29 is 40.6 Å². The molecule has 1 saturated heterocycles. The van der Waals surface area contributed by atoms with Gasteiger partial charge in [-0.1, -0.05) is 54.6 Å². The maximum atomic E-state index is 16.2. The van der Waals surface area contributed by atoms with Crippen molar-refractivity contribution in [1.82, 2.24) is 44.1 Å². The zero-order valence-electron chi connectivity index (χ0n) is 39.0. The highest BCUT2D eigenvalue weighted by Crippen LogP contribution is 2.43. The molecule has 0 radical (unpaired) electrons. The van der Waals surface area contributed by atoms with Crippen LogP contribution in [0.25, 0.3) is 33.5 Å². The van der Waals surface area contributed by atoms with Crippen LogP contribution in [0.3, 0.4) is 0 Å². The Bertz CT molecular complexity index is 3120. The average molecular weight is 979 g/mol. The molecule has 1 fully saturated rings. The number of anilines is 1. The number of piperidine rings is 1. The number of nitrogens with one attached hydrogen (secondary N) is 2. The smallest absolute Gasteiger partial charge is 0.410 e. The van der Waals surface area contributed by atoms with Crippen LogP contribution >= 0.6 is 0 Å². The number of hydrogen-bond donors (Lipinski definition) is 3. The summed E-state index contributed by atoms with van der Waals surface area (Å²) in [4.78, 5) is 22.4. The third kappa shape index (κ3) is 11.0. The van der Waals surface area contributed by atoms with Crippen LogP contribution in [0.15, 0.2) is 113 Å². The molecule has 19 nitrogen and oxygen atoms in total. The monoisotopic (exact) mass is 978 g/mol. The molecular weight excluding hydrogens is 925 g/mol. The fourth-order valence-corrected chi connectivity index (χ4v) is 11.8. The Morgan fingerprint density at radius 3 is 1.99 bits per heavy atom. The first-order chi connectivity index (χ1) is 32.9. The molecule has 1 aliphatic rings. The van der Waals surface area contributed by atoms with Crippen molar-refractivity contribution >= 4 is 43.1 Å². The van der Waals surface area contributed by atoms with E-state index >= 15 is 16.8 Å². The van der Waals surface area contributed by atoms with Crippen LogP contribution in [0.2, 0.25) is 0 Å². The van der Waals surface area contributed by atoms with Gasteiger partial charge >= 0.3 is 6.09 Å². The zero-order chi connectivity index (χ0) is 49.1. The molecule has 0 bridgehead atoms. The Morgan fingerprint density at radius 1 is 0.812 bits per heavy atom. The number of imidazole rings is 1. The summed E-state index contributed by atoms with van der Waals surface area (Å²) in [5.74, 6) is 1.68. The Labute approximate surface area is 400 Å². The molecule has 1 amide bonds. The van der Waals surface area contributed by atoms with Crippen LogP contribution in [-0.2, 0) is 44.4 Å². The van der Waals surface area contributed by atoms with Gasteiger partial charge in [-0.2, -0.15) is 9.10 Å². The van der Waals surface area contributed by atoms with Gasteiger partial charge in [-0.05, 0) is 110 Å². The van der Waals surface area contributed by atoms with Crippen molar-refractivity contribution in [3.05, 3.63) is 120 Å². The minimum absolute atomic E-state index is 0.0218. The van der Waals surface area contributed by atoms with Crippen LogP contribution in [0.5, 0.6) is 17.2 Å². The van der Waals surface area contributed by atoms with E-state index in [-0.39, 0.29) is 49.1 Å². The van der Waals surface area contributed by atoms with Crippen LogP contribution < -0.4 is 24.7 Å². The standard InChI is InChI=1S/C48H54N10O9S2/c1-48(2,3)67-47(59)56-26-8-9-34(30-56)54-68(60,61)41-25-24-38(39-10-7-11-40-43(39)51-46(49)50-40)42(45-52-55-58(53-45)29-33-16-22-37(66-6)23-17-33)44(41)69(62,63)57(27-31-12-18-35(64-4)19-13-31)28-32-14-20-36(65-5)21-15-32/h7,10-25,34,54H,8-9,26-30H2,1-6H3,(H3,49,50,51). The molecule has 7 aromatic rings. The maximum Gasteiger partial charge on any atom is 0.410 e. The number of sulfonamides is 2. The zero-order valence-corrected chi connectivity index (χ0v) is 40.7. The van der Waals surface area contributed by atoms with Gasteiger partial charge in [-0.25, -0.2) is 31.3 Å². The van der Waals surface area contributed by atoms with Crippen molar-refractivity contribution in [2.75, 3.05) is 40.2 Å². The number of ether oxygens (including phenoxy) is 4. The lowest BCUT2D eigenvalue weighted by Gasteiger charge is -2.34. The van der Waals surface area contributed by atoms with E-state index in [1.807, 2.05) is 12.1 Å². The van der Waals surface area contributed by atoms with Crippen LogP contribution in [0.1, 0.15) is 50.3 Å². The molecule has 5 aromatic carbocycles. The molecule has 362 valence electrons. The molecule has 8 rings (SSSR count). The Kier molecular flexibility index (Phi) is 13.9. The molecule has 1 aliphatic heterocycles. The highest BCUT2D eigenvalue weighted by Gasteiger charge is 2.40. The number of aromatic amines is 1. The van der Waals surface area contributed by atoms with E-state index in [1.165, 1.54) is 40.4 Å². The minimum Gasteiger partial charge on any atom is -0.497 e. The van der Waals surface area contributed by atoms with E-state index in [2.05, 4.69) is 25.0 Å². The fraction of sp³-hybridized carbons (Fsp3) is 0.312. The van der Waals surface area contributed by atoms with Gasteiger partial charge < -0.3 is 34.6 Å². The van der Waals surface area contributed by atoms with E-state index in [1.54, 1.807) is 107 Å². The summed E-state index contributed by atoms with van der Waals surface area (Å²) in [7, 11) is -5.11. The van der Waals surface area contributed by atoms with E-state index in [4.69, 9.17) is 29.8 Å². The molecule has 0 saturated carbocycles. The number of H-pyrrole nitrogens is 1. The molecule has 1 unspecified atom stereocenters. The topological polar surface area (TPSA) is 239 Å². The fourth-order valence-electron chi connectivity index (χ4n) is 8.12. The Hall–Kier alpha value is -7.07. The number of rotatable bonds is 16. The molecule has 1 atom stereocenters. The number of methoxy groups -OCH3 is 3. The highest BCUT2D eigenvalue weighted by atomic mass is 32.2. The maximum absolute atomic E-state index is 16.2. The number of hydrogen-bond acceptors (Lipinski definition) is 14. The number of carbonyl (C=O) groups excluding carboxylic acids is 1. The van der Waals surface area contributed by atoms with E-state index < -0.39 is 47.6 Å². The summed E-state index contributed by atoms with van der Waals surface area (Å²) in [5.41, 5.74) is 8.76. The lowest BCUT2D eigenvalue weighted by molar-refractivity contribution is 0.0195. The van der Waals surface area contributed by atoms with Gasteiger partial charge in [0, 0.05) is 37.8 Å². The molecule has 3 heterocycles. The molecule has 69 heavy (non-hydrogen) atoms. The first kappa shape index (κ1) is 48.4. The van der Waals surface area contributed by atoms with E-state index in [9.17, 15) is 4.79 Å². The lowest BCUT2D eigenvalue weighted by atomic mass is 9.98. The van der Waals surface area contributed by atoms with Gasteiger partial charge in [0.25, 0.3) is 0 Å². The molecule has 21 heteroatoms. The summed E-state index contributed by atoms with van der Waals surface area (Å²) >= 11 is 0. The first-order valence-electron chi connectivity index (χ1n) is 22.0. The first-order valence-corrected chi connectivity index (χ1v) is 25.0. The number of likely N-dealkylation sites (tertiary alicyclic amines) is 1. The van der Waals surface area contributed by atoms with Crippen molar-refractivity contribution in [2.24, 2.45) is 0 Å². The second-order valence-corrected chi connectivity index (χ2v) is 21.0. The van der Waals surface area contributed by atoms with Crippen LogP contribution in [0, 0.1) is 0 Å². The number of aromatic nitrogens is 6. The summed E-state index contributed by atoms with van der Waals surface area (Å²) in [5, 5.41) is 13.6. The number of nitrogens with two attached hydrogens (primary N) is 1. The SMILES string of the molecule is COc1ccc(CN(Cc2ccc(OC)cc2)S(=O)(=O)c2c(S(=O)(=O)NC3CCCN(C(=O)OC(C)(C)C)C3)ccc(-c3cccc4[nH]c(N)nc34)c2-c2nnn(Cc3ccc(OC)cc3)n2)cc1. The largest absolute Gasteiger partial charge is 0.497 e. The molecule has 0 spiro atoms.